The summed E-state index contributed by atoms with van der Waals surface area (Å²) in [5.74, 6) is -0.183. The van der Waals surface area contributed by atoms with Gasteiger partial charge in [0.2, 0.25) is 5.95 Å². The van der Waals surface area contributed by atoms with Gasteiger partial charge in [-0.2, -0.15) is 10.2 Å². The summed E-state index contributed by atoms with van der Waals surface area (Å²) in [6, 6.07) is 14.2. The molecular weight excluding hydrogens is 364 g/mol. The minimum absolute atomic E-state index is 0.0236. The first-order valence-corrected chi connectivity index (χ1v) is 8.57. The Morgan fingerprint density at radius 1 is 1.15 bits per heavy atom. The van der Waals surface area contributed by atoms with Crippen molar-refractivity contribution in [1.82, 2.24) is 9.97 Å². The maximum absolute atomic E-state index is 11.2. The third-order valence-electron chi connectivity index (χ3n) is 3.74. The SMILES string of the molecule is Cc1ccc(Sc2ccc([N+](=O)[O-])cc2-c2nc(N)nc(N)c2C#N)cc1. The normalized spacial score (nSPS) is 10.4. The molecule has 0 fully saturated rings. The molecule has 0 amide bonds. The molecule has 1 aromatic heterocycles. The van der Waals surface area contributed by atoms with Gasteiger partial charge in [-0.05, 0) is 25.1 Å². The first-order valence-electron chi connectivity index (χ1n) is 7.75. The zero-order chi connectivity index (χ0) is 19.6. The van der Waals surface area contributed by atoms with Crippen molar-refractivity contribution in [3.8, 4) is 17.3 Å². The molecule has 1 heterocycles. The Morgan fingerprint density at radius 2 is 1.85 bits per heavy atom. The third-order valence-corrected chi connectivity index (χ3v) is 4.83. The second kappa shape index (κ2) is 7.31. The lowest BCUT2D eigenvalue weighted by molar-refractivity contribution is -0.384. The Bertz CT molecular complexity index is 1080. The van der Waals surface area contributed by atoms with Crippen LogP contribution in [0, 0.1) is 28.4 Å². The summed E-state index contributed by atoms with van der Waals surface area (Å²) in [5.41, 5.74) is 13.1. The second-order valence-corrected chi connectivity index (χ2v) is 6.77. The number of anilines is 2. The van der Waals surface area contributed by atoms with Gasteiger partial charge in [-0.3, -0.25) is 10.1 Å². The fourth-order valence-electron chi connectivity index (χ4n) is 2.44. The number of nitro benzene ring substituents is 1. The molecule has 0 bridgehead atoms. The van der Waals surface area contributed by atoms with Crippen LogP contribution in [0.25, 0.3) is 11.3 Å². The van der Waals surface area contributed by atoms with E-state index < -0.39 is 4.92 Å². The molecule has 134 valence electrons. The average molecular weight is 378 g/mol. The van der Waals surface area contributed by atoms with Crippen LogP contribution in [0.15, 0.2) is 52.3 Å². The van der Waals surface area contributed by atoms with Crippen molar-refractivity contribution in [2.24, 2.45) is 0 Å². The van der Waals surface area contributed by atoms with E-state index in [4.69, 9.17) is 11.5 Å². The highest BCUT2D eigenvalue weighted by atomic mass is 32.2. The topological polar surface area (TPSA) is 145 Å². The fourth-order valence-corrected chi connectivity index (χ4v) is 3.37. The molecule has 8 nitrogen and oxygen atoms in total. The van der Waals surface area contributed by atoms with Gasteiger partial charge in [0, 0.05) is 27.5 Å². The lowest BCUT2D eigenvalue weighted by Gasteiger charge is -2.12. The van der Waals surface area contributed by atoms with E-state index in [1.54, 1.807) is 6.07 Å². The largest absolute Gasteiger partial charge is 0.382 e. The highest BCUT2D eigenvalue weighted by Crippen LogP contribution is 2.39. The van der Waals surface area contributed by atoms with E-state index in [9.17, 15) is 15.4 Å². The molecule has 2 aromatic carbocycles. The summed E-state index contributed by atoms with van der Waals surface area (Å²) >= 11 is 1.40. The number of nitriles is 1. The van der Waals surface area contributed by atoms with Gasteiger partial charge in [0.1, 0.15) is 17.5 Å². The molecule has 0 aliphatic heterocycles. The van der Waals surface area contributed by atoms with Gasteiger partial charge in [0.25, 0.3) is 5.69 Å². The lowest BCUT2D eigenvalue weighted by atomic mass is 10.1. The van der Waals surface area contributed by atoms with E-state index in [2.05, 4.69) is 9.97 Å². The first kappa shape index (κ1) is 18.2. The van der Waals surface area contributed by atoms with Gasteiger partial charge in [0.15, 0.2) is 0 Å². The summed E-state index contributed by atoms with van der Waals surface area (Å²) in [7, 11) is 0. The molecule has 3 rings (SSSR count). The van der Waals surface area contributed by atoms with Crippen LogP contribution < -0.4 is 11.5 Å². The number of rotatable bonds is 4. The molecule has 3 aromatic rings. The Labute approximate surface area is 159 Å². The van der Waals surface area contributed by atoms with Gasteiger partial charge in [-0.15, -0.1) is 0 Å². The molecule has 9 heteroatoms. The van der Waals surface area contributed by atoms with Crippen LogP contribution in [0.1, 0.15) is 11.1 Å². The molecule has 27 heavy (non-hydrogen) atoms. The molecular formula is C18H14N6O2S. The molecule has 0 radical (unpaired) electrons. The standard InChI is InChI=1S/C18H14N6O2S/c1-10-2-5-12(6-3-10)27-15-7-4-11(24(25)26)8-13(15)16-14(9-19)17(20)23-18(21)22-16/h2-8H,1H3,(H4,20,21,22,23). The molecule has 0 unspecified atom stereocenters. The number of nitrogens with two attached hydrogens (primary N) is 2. The van der Waals surface area contributed by atoms with Crippen LogP contribution in [-0.2, 0) is 0 Å². The van der Waals surface area contributed by atoms with Crippen LogP contribution in [0.3, 0.4) is 0 Å². The summed E-state index contributed by atoms with van der Waals surface area (Å²) in [5, 5.41) is 20.7. The molecule has 0 saturated carbocycles. The van der Waals surface area contributed by atoms with Gasteiger partial charge >= 0.3 is 0 Å². The number of nitrogen functional groups attached to an aromatic ring is 2. The van der Waals surface area contributed by atoms with E-state index in [0.717, 1.165) is 10.5 Å². The molecule has 4 N–H and O–H groups in total. The number of nitrogens with zero attached hydrogens (tertiary/aromatic N) is 4. The number of aromatic nitrogens is 2. The number of aryl methyl sites for hydroxylation is 1. The van der Waals surface area contributed by atoms with Crippen molar-refractivity contribution in [1.29, 1.82) is 5.26 Å². The van der Waals surface area contributed by atoms with Crippen molar-refractivity contribution in [2.75, 3.05) is 11.5 Å². The van der Waals surface area contributed by atoms with E-state index in [1.165, 1.54) is 23.9 Å². The summed E-state index contributed by atoms with van der Waals surface area (Å²) in [6.07, 6.45) is 0. The minimum Gasteiger partial charge on any atom is -0.382 e. The highest BCUT2D eigenvalue weighted by molar-refractivity contribution is 7.99. The van der Waals surface area contributed by atoms with Crippen molar-refractivity contribution < 1.29 is 4.92 Å². The van der Waals surface area contributed by atoms with Gasteiger partial charge in [-0.1, -0.05) is 29.5 Å². The number of non-ortho nitro benzene ring substituents is 1. The number of nitro groups is 1. The van der Waals surface area contributed by atoms with E-state index in [0.29, 0.717) is 10.5 Å². The second-order valence-electron chi connectivity index (χ2n) is 5.66. The number of hydrogen-bond acceptors (Lipinski definition) is 8. The van der Waals surface area contributed by atoms with Gasteiger partial charge in [-0.25, -0.2) is 4.98 Å². The maximum Gasteiger partial charge on any atom is 0.270 e. The highest BCUT2D eigenvalue weighted by Gasteiger charge is 2.20. The predicted octanol–water partition coefficient (Wildman–Crippen LogP) is 3.55. The summed E-state index contributed by atoms with van der Waals surface area (Å²) in [6.45, 7) is 1.98. The van der Waals surface area contributed by atoms with Crippen LogP contribution in [0.2, 0.25) is 0 Å². The van der Waals surface area contributed by atoms with Crippen LogP contribution >= 0.6 is 11.8 Å². The lowest BCUT2D eigenvalue weighted by Crippen LogP contribution is -2.05. The number of benzene rings is 2. The van der Waals surface area contributed by atoms with Crippen molar-refractivity contribution in [2.45, 2.75) is 16.7 Å². The van der Waals surface area contributed by atoms with Crippen molar-refractivity contribution in [3.63, 3.8) is 0 Å². The molecule has 0 atom stereocenters. The van der Waals surface area contributed by atoms with Crippen LogP contribution in [0.5, 0.6) is 0 Å². The van der Waals surface area contributed by atoms with E-state index in [1.807, 2.05) is 37.3 Å². The number of hydrogen-bond donors (Lipinski definition) is 2. The average Bonchev–Trinajstić information content (AvgIpc) is 2.63. The van der Waals surface area contributed by atoms with Gasteiger partial charge in [0.05, 0.1) is 10.6 Å². The fraction of sp³-hybridized carbons (Fsp3) is 0.0556. The summed E-state index contributed by atoms with van der Waals surface area (Å²) < 4.78 is 0. The van der Waals surface area contributed by atoms with Gasteiger partial charge < -0.3 is 11.5 Å². The van der Waals surface area contributed by atoms with E-state index >= 15 is 0 Å². The Kier molecular flexibility index (Phi) is 4.92. The monoisotopic (exact) mass is 378 g/mol. The maximum atomic E-state index is 11.2. The minimum atomic E-state index is -0.510. The molecule has 0 saturated heterocycles. The molecule has 0 aliphatic rings. The van der Waals surface area contributed by atoms with Crippen LogP contribution in [0.4, 0.5) is 17.5 Å². The van der Waals surface area contributed by atoms with Crippen LogP contribution in [-0.4, -0.2) is 14.9 Å². The zero-order valence-corrected chi connectivity index (χ0v) is 15.0. The first-order chi connectivity index (χ1) is 12.9. The quantitative estimate of drug-likeness (QED) is 0.518. The zero-order valence-electron chi connectivity index (χ0n) is 14.2. The Hall–Kier alpha value is -3.64. The third kappa shape index (κ3) is 3.80. The summed E-state index contributed by atoms with van der Waals surface area (Å²) in [4.78, 5) is 20.2. The Balaban J connectivity index is 2.21. The van der Waals surface area contributed by atoms with E-state index in [-0.39, 0.29) is 28.7 Å². The van der Waals surface area contributed by atoms with Crippen molar-refractivity contribution >= 4 is 29.2 Å². The molecule has 0 spiro atoms. The van der Waals surface area contributed by atoms with Crippen molar-refractivity contribution in [3.05, 3.63) is 63.7 Å². The predicted molar refractivity (Wildman–Crippen MR) is 103 cm³/mol. The Morgan fingerprint density at radius 3 is 2.48 bits per heavy atom. The smallest absolute Gasteiger partial charge is 0.270 e. The molecule has 0 aliphatic carbocycles.